The van der Waals surface area contributed by atoms with Crippen LogP contribution in [-0.4, -0.2) is 85.5 Å². The number of allylic oxidation sites excluding steroid dienone is 1. The molecule has 5 rings (SSSR count). The second-order valence-electron chi connectivity index (χ2n) is 12.3. The molecule has 10 nitrogen and oxygen atoms in total. The quantitative estimate of drug-likeness (QED) is 0.347. The van der Waals surface area contributed by atoms with E-state index in [-0.39, 0.29) is 47.4 Å². The fourth-order valence-corrected chi connectivity index (χ4v) is 6.97. The molecule has 3 aliphatic carbocycles. The van der Waals surface area contributed by atoms with Crippen LogP contribution in [0.2, 0.25) is 0 Å². The number of ketones is 2. The van der Waals surface area contributed by atoms with E-state index < -0.39 is 63.9 Å². The second kappa shape index (κ2) is 8.61. The highest BCUT2D eigenvalue weighted by Gasteiger charge is 2.63. The number of phenolic OH excluding ortho intramolecular Hbond substituents is 1. The van der Waals surface area contributed by atoms with E-state index in [4.69, 9.17) is 5.73 Å². The van der Waals surface area contributed by atoms with Crippen LogP contribution in [-0.2, 0) is 29.0 Å². The number of hydrogen-bond donors (Lipinski definition) is 5. The zero-order valence-corrected chi connectivity index (χ0v) is 22.6. The van der Waals surface area contributed by atoms with Crippen LogP contribution in [0.4, 0.5) is 4.39 Å². The molecule has 1 amide bonds. The molecule has 1 aromatic rings. The second-order valence-corrected chi connectivity index (χ2v) is 12.3. The molecule has 4 aliphatic rings. The number of aromatic hydroxyl groups is 1. The van der Waals surface area contributed by atoms with E-state index in [1.807, 2.05) is 20.8 Å². The van der Waals surface area contributed by atoms with E-state index in [1.54, 1.807) is 14.1 Å². The van der Waals surface area contributed by atoms with E-state index in [2.05, 4.69) is 4.90 Å². The Labute approximate surface area is 225 Å². The van der Waals surface area contributed by atoms with Gasteiger partial charge in [0, 0.05) is 41.2 Å². The molecule has 0 bridgehead atoms. The van der Waals surface area contributed by atoms with E-state index in [0.717, 1.165) is 0 Å². The number of rotatable bonds is 2. The number of likely N-dealkylation sites (N-methyl/N-ethyl adjacent to an activating group) is 1. The number of fused-ring (bicyclic) bond motifs is 4. The Bertz CT molecular complexity index is 1410. The van der Waals surface area contributed by atoms with Gasteiger partial charge in [-0.05, 0) is 65.6 Å². The maximum absolute atomic E-state index is 16.0. The summed E-state index contributed by atoms with van der Waals surface area (Å²) in [5, 5.41) is 45.2. The highest BCUT2D eigenvalue weighted by atomic mass is 19.1. The number of aliphatic hydroxyl groups is 3. The predicted octanol–water partition coefficient (Wildman–Crippen LogP) is 1.42. The molecule has 1 aliphatic heterocycles. The molecule has 11 heteroatoms. The third-order valence-electron chi connectivity index (χ3n) is 8.96. The summed E-state index contributed by atoms with van der Waals surface area (Å²) < 4.78 is 16.0. The SMILES string of the molecule is CN(C)[C@@H]1C(O)=C(C(N)=O)C(=O)[C@@]2(O)C(O)=C3C(=O)c4c(O)c5c(c(F)c4C[C@H]3C[C@@H]12)CCN(C(C)(C)C)C5. The lowest BCUT2D eigenvalue weighted by atomic mass is 9.58. The number of benzene rings is 1. The Morgan fingerprint density at radius 3 is 2.33 bits per heavy atom. The van der Waals surface area contributed by atoms with Gasteiger partial charge in [0.25, 0.3) is 5.91 Å². The first-order valence-electron chi connectivity index (χ1n) is 13.0. The Hall–Kier alpha value is -3.28. The summed E-state index contributed by atoms with van der Waals surface area (Å²) in [5.41, 5.74) is 1.60. The van der Waals surface area contributed by atoms with Crippen LogP contribution in [0.15, 0.2) is 22.7 Å². The molecular formula is C28H34FN3O7. The number of Topliss-reactive ketones (excluding diaryl/α,β-unsaturated/α-hetero) is 2. The number of aliphatic hydroxyl groups excluding tert-OH is 2. The molecule has 4 atom stereocenters. The molecule has 1 heterocycles. The van der Waals surface area contributed by atoms with Crippen LogP contribution in [0.5, 0.6) is 5.75 Å². The normalized spacial score (nSPS) is 29.3. The minimum Gasteiger partial charge on any atom is -0.510 e. The number of nitrogens with two attached hydrogens (primary N) is 1. The minimum absolute atomic E-state index is 0.0357. The van der Waals surface area contributed by atoms with Gasteiger partial charge in [0.15, 0.2) is 11.4 Å². The van der Waals surface area contributed by atoms with Gasteiger partial charge in [0.1, 0.15) is 28.7 Å². The Kier molecular flexibility index (Phi) is 6.02. The molecular weight excluding hydrogens is 509 g/mol. The van der Waals surface area contributed by atoms with Gasteiger partial charge >= 0.3 is 0 Å². The molecule has 0 fully saturated rings. The van der Waals surface area contributed by atoms with Crippen LogP contribution in [0.25, 0.3) is 0 Å². The van der Waals surface area contributed by atoms with Crippen LogP contribution in [0, 0.1) is 17.7 Å². The topological polar surface area (TPSA) is 165 Å². The summed E-state index contributed by atoms with van der Waals surface area (Å²) in [4.78, 5) is 42.9. The Morgan fingerprint density at radius 1 is 1.13 bits per heavy atom. The predicted molar refractivity (Wildman–Crippen MR) is 137 cm³/mol. The van der Waals surface area contributed by atoms with Gasteiger partial charge in [-0.1, -0.05) is 0 Å². The van der Waals surface area contributed by atoms with Crippen molar-refractivity contribution in [3.05, 3.63) is 50.7 Å². The van der Waals surface area contributed by atoms with Gasteiger partial charge in [0.05, 0.1) is 11.6 Å². The molecule has 210 valence electrons. The van der Waals surface area contributed by atoms with Gasteiger partial charge in [-0.3, -0.25) is 24.2 Å². The first kappa shape index (κ1) is 27.3. The number of primary amides is 1. The summed E-state index contributed by atoms with van der Waals surface area (Å²) >= 11 is 0. The molecule has 0 radical (unpaired) electrons. The number of hydrogen-bond acceptors (Lipinski definition) is 9. The molecule has 1 aromatic carbocycles. The van der Waals surface area contributed by atoms with Crippen molar-refractivity contribution >= 4 is 17.5 Å². The number of amides is 1. The third kappa shape index (κ3) is 3.59. The zero-order valence-electron chi connectivity index (χ0n) is 22.6. The van der Waals surface area contributed by atoms with Crippen molar-refractivity contribution in [2.45, 2.75) is 63.8 Å². The van der Waals surface area contributed by atoms with Gasteiger partial charge in [-0.2, -0.15) is 0 Å². The molecule has 6 N–H and O–H groups in total. The van der Waals surface area contributed by atoms with Crippen LogP contribution in [0.1, 0.15) is 54.2 Å². The van der Waals surface area contributed by atoms with E-state index >= 15 is 4.39 Å². The number of carbonyl (C=O) groups excluding carboxylic acids is 3. The lowest BCUT2D eigenvalue weighted by molar-refractivity contribution is -0.148. The standard InChI is InChI=1S/C28H34FN3O7/c1-27(2,3)32-7-6-12-14(10-32)21(33)17-13(19(12)29)8-11-9-15-20(31(4)5)23(35)18(26(30)38)25(37)28(15,39)24(36)16(11)22(17)34/h11,15,20,33,35-36,39H,6-10H2,1-5H3,(H2,30,38)/t11-,15-,20-,28-/m0/s1. The average Bonchev–Trinajstić information content (AvgIpc) is 2.83. The number of halogens is 1. The summed E-state index contributed by atoms with van der Waals surface area (Å²) in [5.74, 6) is -7.98. The molecule has 39 heavy (non-hydrogen) atoms. The van der Waals surface area contributed by atoms with Crippen LogP contribution < -0.4 is 5.73 Å². The highest BCUT2D eigenvalue weighted by molar-refractivity contribution is 6.24. The van der Waals surface area contributed by atoms with E-state index in [0.29, 0.717) is 24.1 Å². The van der Waals surface area contributed by atoms with Gasteiger partial charge in [-0.15, -0.1) is 0 Å². The van der Waals surface area contributed by atoms with Gasteiger partial charge in [0.2, 0.25) is 5.78 Å². The highest BCUT2D eigenvalue weighted by Crippen LogP contribution is 2.53. The number of phenols is 1. The monoisotopic (exact) mass is 543 g/mol. The van der Waals surface area contributed by atoms with Gasteiger partial charge < -0.3 is 26.2 Å². The first-order chi connectivity index (χ1) is 18.0. The lowest BCUT2D eigenvalue weighted by Crippen LogP contribution is -2.63. The Balaban J connectivity index is 1.70. The average molecular weight is 544 g/mol. The molecule has 0 saturated carbocycles. The fourth-order valence-electron chi connectivity index (χ4n) is 6.97. The van der Waals surface area contributed by atoms with Crippen molar-refractivity contribution in [2.24, 2.45) is 17.6 Å². The number of carbonyl (C=O) groups is 3. The summed E-state index contributed by atoms with van der Waals surface area (Å²) in [6.07, 6.45) is 0.200. The summed E-state index contributed by atoms with van der Waals surface area (Å²) in [6, 6.07) is -1.10. The Morgan fingerprint density at radius 2 is 1.77 bits per heavy atom. The van der Waals surface area contributed by atoms with E-state index in [9.17, 15) is 34.8 Å². The molecule has 0 saturated heterocycles. The summed E-state index contributed by atoms with van der Waals surface area (Å²) in [7, 11) is 3.11. The molecule has 0 aromatic heterocycles. The largest absolute Gasteiger partial charge is 0.510 e. The third-order valence-corrected chi connectivity index (χ3v) is 8.96. The summed E-state index contributed by atoms with van der Waals surface area (Å²) in [6.45, 7) is 6.78. The lowest BCUT2D eigenvalue weighted by Gasteiger charge is -2.50. The van der Waals surface area contributed by atoms with E-state index in [1.165, 1.54) is 4.90 Å². The van der Waals surface area contributed by atoms with Crippen molar-refractivity contribution in [2.75, 3.05) is 20.6 Å². The van der Waals surface area contributed by atoms with Crippen LogP contribution >= 0.6 is 0 Å². The fraction of sp³-hybridized carbons (Fsp3) is 0.536. The van der Waals surface area contributed by atoms with Crippen molar-refractivity contribution < 1.29 is 39.2 Å². The number of nitrogens with zero attached hydrogens (tertiary/aromatic N) is 2. The van der Waals surface area contributed by atoms with Crippen molar-refractivity contribution in [1.29, 1.82) is 0 Å². The smallest absolute Gasteiger partial charge is 0.255 e. The van der Waals surface area contributed by atoms with Gasteiger partial charge in [-0.25, -0.2) is 4.39 Å². The maximum atomic E-state index is 16.0. The molecule has 0 unspecified atom stereocenters. The van der Waals surface area contributed by atoms with Crippen molar-refractivity contribution in [3.8, 4) is 5.75 Å². The van der Waals surface area contributed by atoms with Crippen LogP contribution in [0.3, 0.4) is 0 Å². The van der Waals surface area contributed by atoms with Crippen molar-refractivity contribution in [3.63, 3.8) is 0 Å². The first-order valence-corrected chi connectivity index (χ1v) is 13.0. The maximum Gasteiger partial charge on any atom is 0.255 e. The minimum atomic E-state index is -2.73. The zero-order chi connectivity index (χ0) is 28.9. The van der Waals surface area contributed by atoms with Crippen molar-refractivity contribution in [1.82, 2.24) is 9.80 Å². The molecule has 0 spiro atoms.